The van der Waals surface area contributed by atoms with E-state index in [1.807, 2.05) is 13.8 Å². The zero-order chi connectivity index (χ0) is 22.4. The summed E-state index contributed by atoms with van der Waals surface area (Å²) in [6.07, 6.45) is 2.10. The lowest BCUT2D eigenvalue weighted by Crippen LogP contribution is -2.31. The predicted octanol–water partition coefficient (Wildman–Crippen LogP) is 3.41. The lowest BCUT2D eigenvalue weighted by molar-refractivity contribution is -0.384. The predicted molar refractivity (Wildman–Crippen MR) is 112 cm³/mol. The minimum absolute atomic E-state index is 0.142. The normalized spacial score (nSPS) is 12.4. The monoisotopic (exact) mass is 431 g/mol. The maximum atomic E-state index is 12.4. The fourth-order valence-corrected chi connectivity index (χ4v) is 3.15. The molecular formula is C21H25N3O7. The summed E-state index contributed by atoms with van der Waals surface area (Å²) < 4.78 is 17.5. The molecule has 1 amide bonds. The third-order valence-electron chi connectivity index (χ3n) is 4.61. The summed E-state index contributed by atoms with van der Waals surface area (Å²) in [4.78, 5) is 34.9. The second-order valence-electron chi connectivity index (χ2n) is 7.60. The van der Waals surface area contributed by atoms with Crippen molar-refractivity contribution in [2.45, 2.75) is 39.3 Å². The SMILES string of the molecule is CC(C)COC[C@@H](NC(=O)CCCn1c(=O)oc2cc([N+](=O)[O-])ccc21)c1ccco1. The van der Waals surface area contributed by atoms with Gasteiger partial charge in [0.25, 0.3) is 5.69 Å². The maximum Gasteiger partial charge on any atom is 0.419 e. The number of nitro groups is 1. The number of oxazole rings is 1. The zero-order valence-electron chi connectivity index (χ0n) is 17.4. The number of hydrogen-bond donors (Lipinski definition) is 1. The molecule has 2 aromatic heterocycles. The molecule has 3 aromatic rings. The number of amides is 1. The molecule has 0 unspecified atom stereocenters. The van der Waals surface area contributed by atoms with E-state index in [1.165, 1.54) is 29.0 Å². The van der Waals surface area contributed by atoms with Crippen LogP contribution in [0.2, 0.25) is 0 Å². The van der Waals surface area contributed by atoms with E-state index in [0.717, 1.165) is 0 Å². The molecule has 0 aliphatic rings. The summed E-state index contributed by atoms with van der Waals surface area (Å²) in [5.41, 5.74) is 0.437. The van der Waals surface area contributed by atoms with Gasteiger partial charge >= 0.3 is 5.76 Å². The van der Waals surface area contributed by atoms with E-state index in [4.69, 9.17) is 13.6 Å². The van der Waals surface area contributed by atoms with E-state index in [-0.39, 0.29) is 30.1 Å². The van der Waals surface area contributed by atoms with Crippen LogP contribution < -0.4 is 11.1 Å². The van der Waals surface area contributed by atoms with Gasteiger partial charge in [0.05, 0.1) is 29.4 Å². The van der Waals surface area contributed by atoms with E-state index in [9.17, 15) is 19.7 Å². The molecule has 1 atom stereocenters. The van der Waals surface area contributed by atoms with Crippen molar-refractivity contribution < 1.29 is 23.3 Å². The second kappa shape index (κ2) is 10.1. The Balaban J connectivity index is 1.58. The number of aromatic nitrogens is 1. The van der Waals surface area contributed by atoms with Gasteiger partial charge in [0.15, 0.2) is 5.58 Å². The summed E-state index contributed by atoms with van der Waals surface area (Å²) in [6, 6.07) is 7.12. The van der Waals surface area contributed by atoms with Crippen LogP contribution in [0, 0.1) is 16.0 Å². The Bertz CT molecular complexity index is 1080. The van der Waals surface area contributed by atoms with Crippen LogP contribution in [-0.2, 0) is 16.1 Å². The van der Waals surface area contributed by atoms with E-state index >= 15 is 0 Å². The van der Waals surface area contributed by atoms with Crippen LogP contribution in [0.3, 0.4) is 0 Å². The molecule has 0 aliphatic carbocycles. The van der Waals surface area contributed by atoms with Gasteiger partial charge in [0.2, 0.25) is 5.91 Å². The molecule has 31 heavy (non-hydrogen) atoms. The molecule has 1 aromatic carbocycles. The lowest BCUT2D eigenvalue weighted by atomic mass is 10.2. The minimum Gasteiger partial charge on any atom is -0.467 e. The number of furan rings is 1. The van der Waals surface area contributed by atoms with Gasteiger partial charge in [-0.2, -0.15) is 0 Å². The number of fused-ring (bicyclic) bond motifs is 1. The van der Waals surface area contributed by atoms with E-state index in [2.05, 4.69) is 5.32 Å². The van der Waals surface area contributed by atoms with Crippen LogP contribution in [-0.4, -0.2) is 28.6 Å². The number of carbonyl (C=O) groups is 1. The number of benzene rings is 1. The van der Waals surface area contributed by atoms with Crippen LogP contribution >= 0.6 is 0 Å². The molecule has 2 heterocycles. The number of ether oxygens (including phenoxy) is 1. The summed E-state index contributed by atoms with van der Waals surface area (Å²) in [5.74, 6) is 0.158. The molecule has 0 radical (unpaired) electrons. The number of carbonyl (C=O) groups excluding carboxylic acids is 1. The van der Waals surface area contributed by atoms with Gasteiger partial charge < -0.3 is 18.9 Å². The van der Waals surface area contributed by atoms with Crippen molar-refractivity contribution in [3.63, 3.8) is 0 Å². The van der Waals surface area contributed by atoms with Crippen molar-refractivity contribution in [1.29, 1.82) is 0 Å². The first kappa shape index (κ1) is 22.3. The van der Waals surface area contributed by atoms with Gasteiger partial charge in [-0.25, -0.2) is 4.79 Å². The van der Waals surface area contributed by atoms with Gasteiger partial charge in [0, 0.05) is 25.6 Å². The lowest BCUT2D eigenvalue weighted by Gasteiger charge is -2.17. The van der Waals surface area contributed by atoms with Crippen molar-refractivity contribution in [2.75, 3.05) is 13.2 Å². The smallest absolute Gasteiger partial charge is 0.419 e. The van der Waals surface area contributed by atoms with Gasteiger partial charge in [-0.05, 0) is 30.5 Å². The first-order chi connectivity index (χ1) is 14.8. The summed E-state index contributed by atoms with van der Waals surface area (Å²) in [6.45, 7) is 5.19. The molecule has 0 fully saturated rings. The van der Waals surface area contributed by atoms with Crippen LogP contribution in [0.1, 0.15) is 38.5 Å². The van der Waals surface area contributed by atoms with Crippen molar-refractivity contribution in [2.24, 2.45) is 5.92 Å². The zero-order valence-corrected chi connectivity index (χ0v) is 17.4. The topological polar surface area (TPSA) is 130 Å². The van der Waals surface area contributed by atoms with Crippen molar-refractivity contribution in [1.82, 2.24) is 9.88 Å². The quantitative estimate of drug-likeness (QED) is 0.364. The Hall–Kier alpha value is -3.40. The molecule has 0 spiro atoms. The highest BCUT2D eigenvalue weighted by atomic mass is 16.6. The number of nitro benzene ring substituents is 1. The number of non-ortho nitro benzene ring substituents is 1. The highest BCUT2D eigenvalue weighted by Gasteiger charge is 2.18. The summed E-state index contributed by atoms with van der Waals surface area (Å²) >= 11 is 0. The van der Waals surface area contributed by atoms with E-state index in [0.29, 0.717) is 36.8 Å². The van der Waals surface area contributed by atoms with Gasteiger partial charge in [-0.1, -0.05) is 13.8 Å². The number of rotatable bonds is 11. The maximum absolute atomic E-state index is 12.4. The number of hydrogen-bond acceptors (Lipinski definition) is 7. The fourth-order valence-electron chi connectivity index (χ4n) is 3.15. The van der Waals surface area contributed by atoms with Crippen molar-refractivity contribution >= 4 is 22.7 Å². The number of nitrogens with one attached hydrogen (secondary N) is 1. The second-order valence-corrected chi connectivity index (χ2v) is 7.60. The molecule has 0 saturated carbocycles. The molecular weight excluding hydrogens is 406 g/mol. The Morgan fingerprint density at radius 1 is 1.29 bits per heavy atom. The molecule has 10 heteroatoms. The van der Waals surface area contributed by atoms with Gasteiger partial charge in [-0.15, -0.1) is 0 Å². The van der Waals surface area contributed by atoms with Crippen molar-refractivity contribution in [3.05, 3.63) is 63.0 Å². The van der Waals surface area contributed by atoms with Gasteiger partial charge in [0.1, 0.15) is 11.8 Å². The Morgan fingerprint density at radius 2 is 2.10 bits per heavy atom. The molecule has 166 valence electrons. The Morgan fingerprint density at radius 3 is 2.77 bits per heavy atom. The third kappa shape index (κ3) is 5.82. The average molecular weight is 431 g/mol. The van der Waals surface area contributed by atoms with E-state index in [1.54, 1.807) is 12.1 Å². The Kier molecular flexibility index (Phi) is 7.24. The van der Waals surface area contributed by atoms with E-state index < -0.39 is 16.7 Å². The molecule has 0 aliphatic heterocycles. The van der Waals surface area contributed by atoms with Crippen LogP contribution in [0.25, 0.3) is 11.1 Å². The molecule has 1 N–H and O–H groups in total. The number of aryl methyl sites for hydroxylation is 1. The fraction of sp³-hybridized carbons (Fsp3) is 0.429. The first-order valence-electron chi connectivity index (χ1n) is 10.0. The average Bonchev–Trinajstić information content (AvgIpc) is 3.34. The largest absolute Gasteiger partial charge is 0.467 e. The van der Waals surface area contributed by atoms with Gasteiger partial charge in [-0.3, -0.25) is 19.5 Å². The number of nitrogens with zero attached hydrogens (tertiary/aromatic N) is 2. The molecule has 3 rings (SSSR count). The Labute approximate surface area is 177 Å². The highest BCUT2D eigenvalue weighted by Crippen LogP contribution is 2.20. The van der Waals surface area contributed by atoms with Crippen LogP contribution in [0.15, 0.2) is 50.2 Å². The summed E-state index contributed by atoms with van der Waals surface area (Å²) in [5, 5.41) is 13.8. The molecule has 10 nitrogen and oxygen atoms in total. The first-order valence-corrected chi connectivity index (χ1v) is 10.0. The van der Waals surface area contributed by atoms with Crippen LogP contribution in [0.5, 0.6) is 0 Å². The molecule has 0 saturated heterocycles. The highest BCUT2D eigenvalue weighted by molar-refractivity contribution is 5.77. The summed E-state index contributed by atoms with van der Waals surface area (Å²) in [7, 11) is 0. The standard InChI is InChI=1S/C21H25N3O7/c1-14(2)12-29-13-16(18-5-4-10-30-18)22-20(25)6-3-9-23-17-8-7-15(24(27)28)11-19(17)31-21(23)26/h4-5,7-8,10-11,14,16H,3,6,9,12-13H2,1-2H3,(H,22,25)/t16-/m1/s1. The van der Waals surface area contributed by atoms with Crippen LogP contribution in [0.4, 0.5) is 5.69 Å². The molecule has 0 bridgehead atoms. The third-order valence-corrected chi connectivity index (χ3v) is 4.61. The minimum atomic E-state index is -0.619. The van der Waals surface area contributed by atoms with Crippen molar-refractivity contribution in [3.8, 4) is 0 Å².